The monoisotopic (exact) mass is 549 g/mol. The molecule has 0 aliphatic carbocycles. The third-order valence-corrected chi connectivity index (χ3v) is 7.52. The topological polar surface area (TPSA) is 78.8 Å². The van der Waals surface area contributed by atoms with Crippen molar-refractivity contribution in [2.24, 2.45) is 5.10 Å². The molecule has 11 heteroatoms. The molecule has 0 fully saturated rings. The first-order valence-electron chi connectivity index (χ1n) is 11.1. The molecule has 1 N–H and O–H groups in total. The van der Waals surface area contributed by atoms with Crippen molar-refractivity contribution in [2.45, 2.75) is 23.4 Å². The Kier molecular flexibility index (Phi) is 7.09. The van der Waals surface area contributed by atoms with Gasteiger partial charge in [0, 0.05) is 17.5 Å². The van der Waals surface area contributed by atoms with Gasteiger partial charge in [0.25, 0.3) is 0 Å². The Hall–Kier alpha value is -3.37. The molecule has 6 nitrogen and oxygen atoms in total. The van der Waals surface area contributed by atoms with E-state index in [1.165, 1.54) is 35.3 Å². The summed E-state index contributed by atoms with van der Waals surface area (Å²) in [6.45, 7) is 2.02. The Labute approximate surface area is 217 Å². The number of hydrogen-bond donors (Lipinski definition) is 1. The van der Waals surface area contributed by atoms with Gasteiger partial charge in [-0.15, -0.1) is 0 Å². The number of halogens is 4. The molecule has 4 rings (SSSR count). The lowest BCUT2D eigenvalue weighted by molar-refractivity contribution is -0.137. The van der Waals surface area contributed by atoms with Crippen LogP contribution in [0.15, 0.2) is 82.8 Å². The first-order chi connectivity index (χ1) is 17.3. The lowest BCUT2D eigenvalue weighted by Gasteiger charge is -2.27. The predicted molar refractivity (Wildman–Crippen MR) is 137 cm³/mol. The second-order valence-corrected chi connectivity index (χ2v) is 11.4. The lowest BCUT2D eigenvalue weighted by Crippen LogP contribution is -2.38. The number of rotatable bonds is 6. The second kappa shape index (κ2) is 9.83. The molecule has 0 aromatic heterocycles. The largest absolute Gasteiger partial charge is 0.417 e. The fourth-order valence-corrected chi connectivity index (χ4v) is 5.25. The van der Waals surface area contributed by atoms with Gasteiger partial charge in [-0.1, -0.05) is 54.1 Å². The molecule has 37 heavy (non-hydrogen) atoms. The second-order valence-electron chi connectivity index (χ2n) is 9.01. The highest BCUT2D eigenvalue weighted by Gasteiger charge is 2.42. The average Bonchev–Trinajstić information content (AvgIpc) is 3.15. The lowest BCUT2D eigenvalue weighted by atomic mass is 9.76. The molecule has 0 saturated carbocycles. The summed E-state index contributed by atoms with van der Waals surface area (Å²) in [7, 11) is -3.45. The number of carbonyl (C=O) groups is 1. The number of amides is 1. The number of hydrazone groups is 1. The Morgan fingerprint density at radius 1 is 1.08 bits per heavy atom. The van der Waals surface area contributed by atoms with E-state index in [1.807, 2.05) is 37.3 Å². The Morgan fingerprint density at radius 2 is 1.78 bits per heavy atom. The van der Waals surface area contributed by atoms with Crippen LogP contribution < -0.4 is 5.32 Å². The van der Waals surface area contributed by atoms with Crippen molar-refractivity contribution in [3.05, 3.63) is 94.5 Å². The molecule has 0 bridgehead atoms. The Morgan fingerprint density at radius 3 is 2.41 bits per heavy atom. The summed E-state index contributed by atoms with van der Waals surface area (Å²) in [4.78, 5) is 12.9. The minimum atomic E-state index is -4.59. The van der Waals surface area contributed by atoms with Gasteiger partial charge < -0.3 is 5.32 Å². The Balaban J connectivity index is 1.64. The predicted octanol–water partition coefficient (Wildman–Crippen LogP) is 5.38. The fourth-order valence-electron chi connectivity index (χ4n) is 4.29. The number of anilines is 1. The molecule has 0 saturated heterocycles. The van der Waals surface area contributed by atoms with Gasteiger partial charge in [0.15, 0.2) is 9.84 Å². The van der Waals surface area contributed by atoms with Gasteiger partial charge in [0.1, 0.15) is 6.54 Å². The summed E-state index contributed by atoms with van der Waals surface area (Å²) in [6, 6.07) is 18.7. The van der Waals surface area contributed by atoms with Crippen molar-refractivity contribution >= 4 is 38.7 Å². The number of sulfone groups is 1. The maximum atomic E-state index is 13.2. The van der Waals surface area contributed by atoms with Crippen molar-refractivity contribution in [3.8, 4) is 0 Å². The molecule has 3 aromatic carbocycles. The van der Waals surface area contributed by atoms with E-state index in [2.05, 4.69) is 10.4 Å². The highest BCUT2D eigenvalue weighted by Crippen LogP contribution is 2.39. The SMILES string of the molecule is CC1(c2ccccc2)CN(CC(=O)Nc2cccc(S(C)(=O)=O)c2)N=C1c1ccc(C(F)(F)F)c(Cl)c1. The van der Waals surface area contributed by atoms with Gasteiger partial charge in [-0.3, -0.25) is 9.80 Å². The fraction of sp³-hybridized carbons (Fsp3) is 0.231. The normalized spacial score (nSPS) is 18.0. The van der Waals surface area contributed by atoms with Crippen molar-refractivity contribution in [3.63, 3.8) is 0 Å². The molecule has 1 atom stereocenters. The van der Waals surface area contributed by atoms with Gasteiger partial charge in [0.05, 0.1) is 33.2 Å². The number of benzene rings is 3. The number of carbonyl (C=O) groups excluding carboxylic acids is 1. The highest BCUT2D eigenvalue weighted by atomic mass is 35.5. The minimum Gasteiger partial charge on any atom is -0.324 e. The molecule has 1 unspecified atom stereocenters. The summed E-state index contributed by atoms with van der Waals surface area (Å²) in [5.41, 5.74) is 0.380. The molecule has 1 aliphatic rings. The third kappa shape index (κ3) is 5.80. The van der Waals surface area contributed by atoms with E-state index < -0.39 is 37.9 Å². The molecular formula is C26H23ClF3N3O3S. The first-order valence-corrected chi connectivity index (χ1v) is 13.4. The number of alkyl halides is 3. The third-order valence-electron chi connectivity index (χ3n) is 6.09. The molecule has 0 radical (unpaired) electrons. The maximum absolute atomic E-state index is 13.2. The smallest absolute Gasteiger partial charge is 0.324 e. The van der Waals surface area contributed by atoms with Crippen LogP contribution in [0.5, 0.6) is 0 Å². The van der Waals surface area contributed by atoms with Gasteiger partial charge >= 0.3 is 6.18 Å². The van der Waals surface area contributed by atoms with Crippen LogP contribution in [0.3, 0.4) is 0 Å². The maximum Gasteiger partial charge on any atom is 0.417 e. The zero-order valence-electron chi connectivity index (χ0n) is 19.9. The van der Waals surface area contributed by atoms with E-state index in [0.29, 0.717) is 17.0 Å². The van der Waals surface area contributed by atoms with Crippen LogP contribution in [-0.4, -0.2) is 44.4 Å². The molecule has 3 aromatic rings. The van der Waals surface area contributed by atoms with Crippen LogP contribution in [0.25, 0.3) is 0 Å². The van der Waals surface area contributed by atoms with E-state index in [0.717, 1.165) is 17.9 Å². The van der Waals surface area contributed by atoms with E-state index in [4.69, 9.17) is 11.6 Å². The molecule has 1 aliphatic heterocycles. The number of nitrogens with one attached hydrogen (secondary N) is 1. The van der Waals surface area contributed by atoms with Gasteiger partial charge in [-0.05, 0) is 42.8 Å². The van der Waals surface area contributed by atoms with E-state index in [1.54, 1.807) is 6.07 Å². The van der Waals surface area contributed by atoms with Crippen LogP contribution in [0, 0.1) is 0 Å². The zero-order chi connectivity index (χ0) is 27.0. The molecule has 1 heterocycles. The van der Waals surface area contributed by atoms with Gasteiger partial charge in [-0.2, -0.15) is 18.3 Å². The summed E-state index contributed by atoms with van der Waals surface area (Å²) in [6.07, 6.45) is -3.51. The average molecular weight is 550 g/mol. The summed E-state index contributed by atoms with van der Waals surface area (Å²) in [5, 5.41) is 8.38. The van der Waals surface area contributed by atoms with Crippen molar-refractivity contribution in [1.82, 2.24) is 5.01 Å². The van der Waals surface area contributed by atoms with Crippen LogP contribution in [0.1, 0.15) is 23.6 Å². The minimum absolute atomic E-state index is 0.0719. The van der Waals surface area contributed by atoms with Gasteiger partial charge in [0.2, 0.25) is 5.91 Å². The van der Waals surface area contributed by atoms with Crippen molar-refractivity contribution in [2.75, 3.05) is 24.7 Å². The quantitative estimate of drug-likeness (QED) is 0.448. The number of nitrogens with zero attached hydrogens (tertiary/aromatic N) is 2. The zero-order valence-corrected chi connectivity index (χ0v) is 21.5. The van der Waals surface area contributed by atoms with Crippen LogP contribution >= 0.6 is 11.6 Å². The van der Waals surface area contributed by atoms with Crippen molar-refractivity contribution in [1.29, 1.82) is 0 Å². The van der Waals surface area contributed by atoms with Crippen molar-refractivity contribution < 1.29 is 26.4 Å². The summed E-state index contributed by atoms with van der Waals surface area (Å²) >= 11 is 5.99. The molecule has 194 valence electrons. The van der Waals surface area contributed by atoms with Gasteiger partial charge in [-0.25, -0.2) is 8.42 Å². The van der Waals surface area contributed by atoms with Crippen LogP contribution in [-0.2, 0) is 26.2 Å². The van der Waals surface area contributed by atoms with E-state index >= 15 is 0 Å². The molecular weight excluding hydrogens is 527 g/mol. The van der Waals surface area contributed by atoms with Crippen LogP contribution in [0.4, 0.5) is 18.9 Å². The van der Waals surface area contributed by atoms with E-state index in [-0.39, 0.29) is 18.0 Å². The van der Waals surface area contributed by atoms with E-state index in [9.17, 15) is 26.4 Å². The summed E-state index contributed by atoms with van der Waals surface area (Å²) in [5.74, 6) is -0.434. The Bertz CT molecular complexity index is 1480. The first kappa shape index (κ1) is 26.7. The number of hydrogen-bond acceptors (Lipinski definition) is 5. The highest BCUT2D eigenvalue weighted by molar-refractivity contribution is 7.90. The van der Waals surface area contributed by atoms with Crippen LogP contribution in [0.2, 0.25) is 5.02 Å². The molecule has 1 amide bonds. The summed E-state index contributed by atoms with van der Waals surface area (Å²) < 4.78 is 63.4. The molecule has 0 spiro atoms. The standard InChI is InChI=1S/C26H23ClF3N3O3S/c1-25(18-7-4-3-5-8-18)16-33(15-23(34)31-19-9-6-10-20(14-19)37(2,35)36)32-24(25)17-11-12-21(22(27)13-17)26(28,29)30/h3-14H,15-16H2,1-2H3,(H,31,34).